The van der Waals surface area contributed by atoms with E-state index in [1.807, 2.05) is 17.0 Å². The van der Waals surface area contributed by atoms with Gasteiger partial charge in [-0.3, -0.25) is 9.69 Å². The normalized spacial score (nSPS) is 15.1. The van der Waals surface area contributed by atoms with E-state index in [9.17, 15) is 9.59 Å². The van der Waals surface area contributed by atoms with Gasteiger partial charge in [0.15, 0.2) is 0 Å². The number of esters is 1. The van der Waals surface area contributed by atoms with Crippen molar-refractivity contribution in [3.05, 3.63) is 95.7 Å². The number of nitrogens with two attached hydrogens (primary N) is 1. The van der Waals surface area contributed by atoms with Crippen molar-refractivity contribution in [2.75, 3.05) is 39.0 Å². The molecule has 1 amide bonds. The van der Waals surface area contributed by atoms with Gasteiger partial charge in [-0.05, 0) is 23.3 Å². The maximum Gasteiger partial charge on any atom is 0.340 e. The summed E-state index contributed by atoms with van der Waals surface area (Å²) in [5.41, 5.74) is 9.12. The predicted octanol–water partition coefficient (Wildman–Crippen LogP) is 3.22. The van der Waals surface area contributed by atoms with Crippen LogP contribution >= 0.6 is 11.8 Å². The number of hydrogen-bond donors (Lipinski definition) is 1. The van der Waals surface area contributed by atoms with Crippen LogP contribution in [0.15, 0.2) is 84.0 Å². The molecule has 2 heterocycles. The van der Waals surface area contributed by atoms with E-state index in [-0.39, 0.29) is 11.9 Å². The molecule has 4 rings (SSSR count). The quantitative estimate of drug-likeness (QED) is 0.383. The molecule has 1 saturated heterocycles. The number of carbonyl (C=O) groups is 2. The fraction of sp³-hybridized carbons (Fsp3) is 0.296. The van der Waals surface area contributed by atoms with Gasteiger partial charge in [-0.25, -0.2) is 9.78 Å². The van der Waals surface area contributed by atoms with Gasteiger partial charge >= 0.3 is 5.97 Å². The van der Waals surface area contributed by atoms with Gasteiger partial charge < -0.3 is 15.4 Å². The fourth-order valence-electron chi connectivity index (χ4n) is 4.33. The van der Waals surface area contributed by atoms with Gasteiger partial charge in [0.05, 0.1) is 24.8 Å². The molecule has 0 radical (unpaired) electrons. The van der Waals surface area contributed by atoms with E-state index in [4.69, 9.17) is 10.5 Å². The van der Waals surface area contributed by atoms with Crippen molar-refractivity contribution in [1.82, 2.24) is 14.8 Å². The molecule has 8 heteroatoms. The maximum atomic E-state index is 13.1. The smallest absolute Gasteiger partial charge is 0.340 e. The SMILES string of the molecule is COC(=O)c1cccnc1SC[C@H](N)C(=O)N1CCN(C(c2ccccc2)c2ccccc2)CC1. The molecule has 182 valence electrons. The first-order valence-corrected chi connectivity index (χ1v) is 12.6. The topological polar surface area (TPSA) is 88.8 Å². The number of pyridine rings is 1. The van der Waals surface area contributed by atoms with E-state index in [2.05, 4.69) is 58.4 Å². The zero-order valence-corrected chi connectivity index (χ0v) is 20.6. The molecule has 3 aromatic rings. The Morgan fingerprint density at radius 2 is 1.54 bits per heavy atom. The van der Waals surface area contributed by atoms with Crippen LogP contribution in [0.5, 0.6) is 0 Å². The molecule has 0 saturated carbocycles. The summed E-state index contributed by atoms with van der Waals surface area (Å²) in [5, 5.41) is 0.515. The number of rotatable bonds is 8. The number of ether oxygens (including phenoxy) is 1. The zero-order chi connectivity index (χ0) is 24.6. The van der Waals surface area contributed by atoms with Crippen molar-refractivity contribution in [3.8, 4) is 0 Å². The van der Waals surface area contributed by atoms with E-state index in [1.165, 1.54) is 30.0 Å². The number of nitrogens with zero attached hydrogens (tertiary/aromatic N) is 3. The second-order valence-corrected chi connectivity index (χ2v) is 9.36. The first-order valence-electron chi connectivity index (χ1n) is 11.6. The number of benzene rings is 2. The Hall–Kier alpha value is -3.20. The number of aromatic nitrogens is 1. The lowest BCUT2D eigenvalue weighted by atomic mass is 9.96. The number of carbonyl (C=O) groups excluding carboxylic acids is 2. The molecule has 7 nitrogen and oxygen atoms in total. The summed E-state index contributed by atoms with van der Waals surface area (Å²) in [6.07, 6.45) is 1.61. The monoisotopic (exact) mass is 490 g/mol. The molecular weight excluding hydrogens is 460 g/mol. The van der Waals surface area contributed by atoms with Gasteiger partial charge in [0.25, 0.3) is 0 Å². The van der Waals surface area contributed by atoms with E-state index in [0.29, 0.717) is 29.4 Å². The highest BCUT2D eigenvalue weighted by Gasteiger charge is 2.30. The Morgan fingerprint density at radius 3 is 2.11 bits per heavy atom. The summed E-state index contributed by atoms with van der Waals surface area (Å²) in [4.78, 5) is 33.5. The molecular formula is C27H30N4O3S. The van der Waals surface area contributed by atoms with Crippen molar-refractivity contribution < 1.29 is 14.3 Å². The minimum Gasteiger partial charge on any atom is -0.465 e. The summed E-state index contributed by atoms with van der Waals surface area (Å²) in [6, 6.07) is 23.7. The highest BCUT2D eigenvalue weighted by Crippen LogP contribution is 2.29. The number of amides is 1. The number of methoxy groups -OCH3 is 1. The lowest BCUT2D eigenvalue weighted by molar-refractivity contribution is -0.134. The van der Waals surface area contributed by atoms with Crippen LogP contribution in [0.3, 0.4) is 0 Å². The second-order valence-electron chi connectivity index (χ2n) is 8.35. The summed E-state index contributed by atoms with van der Waals surface area (Å²) in [5.74, 6) is -0.205. The average molecular weight is 491 g/mol. The molecule has 0 spiro atoms. The Kier molecular flexibility index (Phi) is 8.52. The van der Waals surface area contributed by atoms with Gasteiger partial charge in [-0.1, -0.05) is 60.7 Å². The van der Waals surface area contributed by atoms with Gasteiger partial charge in [-0.2, -0.15) is 0 Å². The van der Waals surface area contributed by atoms with Crippen LogP contribution in [0.25, 0.3) is 0 Å². The van der Waals surface area contributed by atoms with Gasteiger partial charge in [0.1, 0.15) is 5.03 Å². The van der Waals surface area contributed by atoms with Crippen molar-refractivity contribution in [2.45, 2.75) is 17.1 Å². The number of piperazine rings is 1. The molecule has 1 aliphatic rings. The third-order valence-corrected chi connectivity index (χ3v) is 7.24. The number of hydrogen-bond acceptors (Lipinski definition) is 7. The average Bonchev–Trinajstić information content (AvgIpc) is 2.93. The van der Waals surface area contributed by atoms with Crippen molar-refractivity contribution in [3.63, 3.8) is 0 Å². The summed E-state index contributed by atoms with van der Waals surface area (Å²) < 4.78 is 4.82. The first kappa shape index (κ1) is 24.9. The minimum absolute atomic E-state index is 0.0799. The standard InChI is InChI=1S/C27H30N4O3S/c1-34-27(33)22-13-8-14-29-25(22)35-19-23(28)26(32)31-17-15-30(16-18-31)24(20-9-4-2-5-10-20)21-11-6-3-7-12-21/h2-14,23-24H,15-19,28H2,1H3/t23-/m0/s1. The van der Waals surface area contributed by atoms with Crippen molar-refractivity contribution in [1.29, 1.82) is 0 Å². The number of thioether (sulfide) groups is 1. The molecule has 2 N–H and O–H groups in total. The molecule has 0 aliphatic carbocycles. The largest absolute Gasteiger partial charge is 0.465 e. The van der Waals surface area contributed by atoms with Crippen LogP contribution in [0.4, 0.5) is 0 Å². The minimum atomic E-state index is -0.682. The molecule has 2 aromatic carbocycles. The van der Waals surface area contributed by atoms with E-state index in [1.54, 1.807) is 18.3 Å². The molecule has 1 fully saturated rings. The van der Waals surface area contributed by atoms with E-state index >= 15 is 0 Å². The Labute approximate surface area is 210 Å². The van der Waals surface area contributed by atoms with Crippen LogP contribution in [-0.2, 0) is 9.53 Å². The van der Waals surface area contributed by atoms with Crippen LogP contribution in [0.1, 0.15) is 27.5 Å². The lowest BCUT2D eigenvalue weighted by Gasteiger charge is -2.40. The Bertz CT molecular complexity index is 1080. The fourth-order valence-corrected chi connectivity index (χ4v) is 5.25. The third kappa shape index (κ3) is 6.08. The third-order valence-electron chi connectivity index (χ3n) is 6.11. The maximum absolute atomic E-state index is 13.1. The Morgan fingerprint density at radius 1 is 0.943 bits per heavy atom. The van der Waals surface area contributed by atoms with Crippen molar-refractivity contribution >= 4 is 23.6 Å². The molecule has 35 heavy (non-hydrogen) atoms. The zero-order valence-electron chi connectivity index (χ0n) is 19.7. The molecule has 1 aromatic heterocycles. The van der Waals surface area contributed by atoms with Gasteiger partial charge in [-0.15, -0.1) is 11.8 Å². The highest BCUT2D eigenvalue weighted by atomic mass is 32.2. The Balaban J connectivity index is 1.37. The van der Waals surface area contributed by atoms with Crippen LogP contribution < -0.4 is 5.73 Å². The molecule has 0 bridgehead atoms. The summed E-state index contributed by atoms with van der Waals surface area (Å²) in [6.45, 7) is 2.74. The van der Waals surface area contributed by atoms with Crippen LogP contribution in [0.2, 0.25) is 0 Å². The molecule has 0 unspecified atom stereocenters. The highest BCUT2D eigenvalue weighted by molar-refractivity contribution is 7.99. The summed E-state index contributed by atoms with van der Waals surface area (Å²) in [7, 11) is 1.33. The van der Waals surface area contributed by atoms with Gasteiger partial charge in [0.2, 0.25) is 5.91 Å². The second kappa shape index (κ2) is 12.0. The van der Waals surface area contributed by atoms with Crippen LogP contribution in [-0.4, -0.2) is 71.7 Å². The van der Waals surface area contributed by atoms with Crippen molar-refractivity contribution in [2.24, 2.45) is 5.73 Å². The summed E-state index contributed by atoms with van der Waals surface area (Å²) >= 11 is 1.30. The first-order chi connectivity index (χ1) is 17.1. The van der Waals surface area contributed by atoms with E-state index < -0.39 is 12.0 Å². The van der Waals surface area contributed by atoms with E-state index in [0.717, 1.165) is 13.1 Å². The van der Waals surface area contributed by atoms with Crippen LogP contribution in [0, 0.1) is 0 Å². The molecule has 1 aliphatic heterocycles. The van der Waals surface area contributed by atoms with Gasteiger partial charge in [0, 0.05) is 38.1 Å². The molecule has 1 atom stereocenters. The lowest BCUT2D eigenvalue weighted by Crippen LogP contribution is -2.54. The predicted molar refractivity (Wildman–Crippen MR) is 137 cm³/mol.